The van der Waals surface area contributed by atoms with Crippen molar-refractivity contribution < 1.29 is 14.5 Å². The maximum absolute atomic E-state index is 12.4. The zero-order chi connectivity index (χ0) is 19.6. The van der Waals surface area contributed by atoms with Gasteiger partial charge in [0.15, 0.2) is 0 Å². The van der Waals surface area contributed by atoms with Crippen molar-refractivity contribution in [1.82, 2.24) is 5.32 Å². The maximum Gasteiger partial charge on any atom is 0.273 e. The molecule has 1 fully saturated rings. The van der Waals surface area contributed by atoms with Gasteiger partial charge in [0.05, 0.1) is 11.0 Å². The molecule has 7 heteroatoms. The SMILES string of the molecule is Cc1ccc(C(=O)NC(C)c2ccc(NC(=O)C3CC3)cc2)cc1[N+](=O)[O-]. The normalized spacial score (nSPS) is 14.3. The van der Waals surface area contributed by atoms with Crippen molar-refractivity contribution in [2.45, 2.75) is 32.7 Å². The number of amides is 2. The van der Waals surface area contributed by atoms with E-state index in [4.69, 9.17) is 0 Å². The summed E-state index contributed by atoms with van der Waals surface area (Å²) in [6, 6.07) is 11.4. The summed E-state index contributed by atoms with van der Waals surface area (Å²) in [5.41, 5.74) is 2.27. The van der Waals surface area contributed by atoms with Crippen LogP contribution in [-0.4, -0.2) is 16.7 Å². The summed E-state index contributed by atoms with van der Waals surface area (Å²) in [5, 5.41) is 16.7. The molecule has 0 bridgehead atoms. The Morgan fingerprint density at radius 2 is 1.81 bits per heavy atom. The van der Waals surface area contributed by atoms with Crippen molar-refractivity contribution in [3.8, 4) is 0 Å². The minimum atomic E-state index is -0.496. The Bertz CT molecular complexity index is 889. The van der Waals surface area contributed by atoms with Crippen LogP contribution in [-0.2, 0) is 4.79 Å². The highest BCUT2D eigenvalue weighted by atomic mass is 16.6. The molecule has 1 aliphatic rings. The van der Waals surface area contributed by atoms with Crippen LogP contribution in [0.5, 0.6) is 0 Å². The topological polar surface area (TPSA) is 101 Å². The van der Waals surface area contributed by atoms with Crippen molar-refractivity contribution >= 4 is 23.2 Å². The molecule has 0 radical (unpaired) electrons. The lowest BCUT2D eigenvalue weighted by Gasteiger charge is -2.15. The molecule has 2 N–H and O–H groups in total. The molecular weight excluding hydrogens is 346 g/mol. The summed E-state index contributed by atoms with van der Waals surface area (Å²) < 4.78 is 0. The van der Waals surface area contributed by atoms with E-state index >= 15 is 0 Å². The fraction of sp³-hybridized carbons (Fsp3) is 0.300. The molecule has 7 nitrogen and oxygen atoms in total. The molecule has 0 aromatic heterocycles. The van der Waals surface area contributed by atoms with E-state index in [0.29, 0.717) is 5.56 Å². The Morgan fingerprint density at radius 3 is 2.41 bits per heavy atom. The summed E-state index contributed by atoms with van der Waals surface area (Å²) in [5.74, 6) is -0.191. The number of benzene rings is 2. The molecule has 2 aromatic rings. The maximum atomic E-state index is 12.4. The lowest BCUT2D eigenvalue weighted by Crippen LogP contribution is -2.26. The lowest BCUT2D eigenvalue weighted by molar-refractivity contribution is -0.385. The minimum absolute atomic E-state index is 0.0464. The first-order valence-corrected chi connectivity index (χ1v) is 8.82. The van der Waals surface area contributed by atoms with Gasteiger partial charge in [-0.15, -0.1) is 0 Å². The largest absolute Gasteiger partial charge is 0.346 e. The van der Waals surface area contributed by atoms with Gasteiger partial charge in [-0.3, -0.25) is 19.7 Å². The fourth-order valence-electron chi connectivity index (χ4n) is 2.76. The molecule has 1 saturated carbocycles. The quantitative estimate of drug-likeness (QED) is 0.600. The highest BCUT2D eigenvalue weighted by molar-refractivity contribution is 5.95. The van der Waals surface area contributed by atoms with Crippen LogP contribution in [0.25, 0.3) is 0 Å². The average molecular weight is 367 g/mol. The van der Waals surface area contributed by atoms with Gasteiger partial charge in [-0.2, -0.15) is 0 Å². The van der Waals surface area contributed by atoms with Gasteiger partial charge in [-0.05, 0) is 50.5 Å². The number of rotatable bonds is 6. The zero-order valence-electron chi connectivity index (χ0n) is 15.2. The lowest BCUT2D eigenvalue weighted by atomic mass is 10.1. The summed E-state index contributed by atoms with van der Waals surface area (Å²) in [7, 11) is 0. The van der Waals surface area contributed by atoms with Crippen LogP contribution in [0.1, 0.15) is 47.3 Å². The summed E-state index contributed by atoms with van der Waals surface area (Å²) >= 11 is 0. The molecule has 0 saturated heterocycles. The molecule has 0 aliphatic heterocycles. The number of hydrogen-bond donors (Lipinski definition) is 2. The first-order chi connectivity index (χ1) is 12.8. The third kappa shape index (κ3) is 4.49. The van der Waals surface area contributed by atoms with Crippen LogP contribution >= 0.6 is 0 Å². The molecule has 0 heterocycles. The Kier molecular flexibility index (Phi) is 5.21. The Labute approximate surface area is 156 Å². The van der Waals surface area contributed by atoms with Crippen LogP contribution in [0.3, 0.4) is 0 Å². The van der Waals surface area contributed by atoms with Gasteiger partial charge in [0.1, 0.15) is 0 Å². The molecule has 1 atom stereocenters. The van der Waals surface area contributed by atoms with Crippen molar-refractivity contribution in [2.75, 3.05) is 5.32 Å². The standard InChI is InChI=1S/C20H21N3O4/c1-12-3-4-16(11-18(12)23(26)27)20(25)21-13(2)14-7-9-17(10-8-14)22-19(24)15-5-6-15/h3-4,7-11,13,15H,5-6H2,1-2H3,(H,21,25)(H,22,24). The first kappa shape index (κ1) is 18.6. The molecule has 1 aliphatic carbocycles. The number of nitro groups is 1. The van der Waals surface area contributed by atoms with Crippen molar-refractivity contribution in [3.63, 3.8) is 0 Å². The number of hydrogen-bond acceptors (Lipinski definition) is 4. The van der Waals surface area contributed by atoms with Crippen LogP contribution in [0.15, 0.2) is 42.5 Å². The third-order valence-electron chi connectivity index (χ3n) is 4.64. The third-order valence-corrected chi connectivity index (χ3v) is 4.64. The second kappa shape index (κ2) is 7.57. The highest BCUT2D eigenvalue weighted by Crippen LogP contribution is 2.30. The molecule has 27 heavy (non-hydrogen) atoms. The van der Waals surface area contributed by atoms with Crippen molar-refractivity contribution in [3.05, 3.63) is 69.3 Å². The second-order valence-electron chi connectivity index (χ2n) is 6.84. The Hall–Kier alpha value is -3.22. The number of anilines is 1. The van der Waals surface area contributed by atoms with E-state index in [9.17, 15) is 19.7 Å². The van der Waals surface area contributed by atoms with Gasteiger partial charge < -0.3 is 10.6 Å². The molecule has 0 spiro atoms. The van der Waals surface area contributed by atoms with E-state index in [1.54, 1.807) is 31.2 Å². The van der Waals surface area contributed by atoms with Crippen molar-refractivity contribution in [2.24, 2.45) is 5.92 Å². The van der Waals surface area contributed by atoms with E-state index < -0.39 is 4.92 Å². The van der Waals surface area contributed by atoms with E-state index in [2.05, 4.69) is 10.6 Å². The van der Waals surface area contributed by atoms with Gasteiger partial charge in [-0.25, -0.2) is 0 Å². The van der Waals surface area contributed by atoms with Gasteiger partial charge in [0, 0.05) is 28.8 Å². The summed E-state index contributed by atoms with van der Waals surface area (Å²) in [6.45, 7) is 3.46. The van der Waals surface area contributed by atoms with Crippen LogP contribution in [0, 0.1) is 23.0 Å². The summed E-state index contributed by atoms with van der Waals surface area (Å²) in [4.78, 5) is 34.7. The van der Waals surface area contributed by atoms with Gasteiger partial charge in [0.2, 0.25) is 5.91 Å². The van der Waals surface area contributed by atoms with E-state index in [1.165, 1.54) is 6.07 Å². The Balaban J connectivity index is 1.64. The predicted octanol–water partition coefficient (Wildman–Crippen LogP) is 3.74. The van der Waals surface area contributed by atoms with Crippen LogP contribution < -0.4 is 10.6 Å². The van der Waals surface area contributed by atoms with Gasteiger partial charge in [0.25, 0.3) is 11.6 Å². The van der Waals surface area contributed by atoms with Crippen LogP contribution in [0.2, 0.25) is 0 Å². The van der Waals surface area contributed by atoms with Gasteiger partial charge >= 0.3 is 0 Å². The number of carbonyl (C=O) groups is 2. The number of nitrogens with zero attached hydrogens (tertiary/aromatic N) is 1. The molecule has 2 amide bonds. The zero-order valence-corrected chi connectivity index (χ0v) is 15.2. The van der Waals surface area contributed by atoms with Crippen molar-refractivity contribution in [1.29, 1.82) is 0 Å². The monoisotopic (exact) mass is 367 g/mol. The smallest absolute Gasteiger partial charge is 0.273 e. The molecular formula is C20H21N3O4. The minimum Gasteiger partial charge on any atom is -0.346 e. The van der Waals surface area contributed by atoms with E-state index in [-0.39, 0.29) is 35.0 Å². The van der Waals surface area contributed by atoms with Gasteiger partial charge in [-0.1, -0.05) is 18.2 Å². The molecule has 1 unspecified atom stereocenters. The Morgan fingerprint density at radius 1 is 1.15 bits per heavy atom. The molecule has 140 valence electrons. The molecule has 2 aromatic carbocycles. The first-order valence-electron chi connectivity index (χ1n) is 8.82. The number of nitrogens with one attached hydrogen (secondary N) is 2. The average Bonchev–Trinajstić information content (AvgIpc) is 3.47. The second-order valence-corrected chi connectivity index (χ2v) is 6.84. The van der Waals surface area contributed by atoms with Crippen LogP contribution in [0.4, 0.5) is 11.4 Å². The number of carbonyl (C=O) groups excluding carboxylic acids is 2. The number of aryl methyl sites for hydroxylation is 1. The highest BCUT2D eigenvalue weighted by Gasteiger charge is 2.29. The van der Waals surface area contributed by atoms with E-state index in [1.807, 2.05) is 19.1 Å². The summed E-state index contributed by atoms with van der Waals surface area (Å²) in [6.07, 6.45) is 1.90. The fourth-order valence-corrected chi connectivity index (χ4v) is 2.76. The number of nitro benzene ring substituents is 1. The van der Waals surface area contributed by atoms with E-state index in [0.717, 1.165) is 24.1 Å². The molecule has 3 rings (SSSR count). The predicted molar refractivity (Wildman–Crippen MR) is 102 cm³/mol.